The summed E-state index contributed by atoms with van der Waals surface area (Å²) in [6.45, 7) is -0.186. The highest BCUT2D eigenvalue weighted by molar-refractivity contribution is 5.94. The lowest BCUT2D eigenvalue weighted by Gasteiger charge is -2.07. The average Bonchev–Trinajstić information content (AvgIpc) is 2.54. The largest absolute Gasteiger partial charge is 0.347 e. The standard InChI is InChI=1S/C17H14FN3O2/c18-14-3-1-2-13(8-14)9-16(22)20-11-17(23)21-15-6-4-12(10-19)5-7-15/h1-8H,9,11H2,(H,20,22)(H,21,23). The highest BCUT2D eigenvalue weighted by Gasteiger charge is 2.07. The van der Waals surface area contributed by atoms with Crippen LogP contribution in [0.15, 0.2) is 48.5 Å². The summed E-state index contributed by atoms with van der Waals surface area (Å²) >= 11 is 0. The number of carbonyl (C=O) groups excluding carboxylic acids is 2. The van der Waals surface area contributed by atoms with E-state index in [0.29, 0.717) is 16.8 Å². The van der Waals surface area contributed by atoms with Gasteiger partial charge in [-0.05, 0) is 42.0 Å². The second-order valence-electron chi connectivity index (χ2n) is 4.82. The Balaban J connectivity index is 1.79. The van der Waals surface area contributed by atoms with Crippen molar-refractivity contribution in [3.63, 3.8) is 0 Å². The van der Waals surface area contributed by atoms with Crippen molar-refractivity contribution in [1.82, 2.24) is 5.32 Å². The maximum Gasteiger partial charge on any atom is 0.243 e. The molecule has 0 bridgehead atoms. The van der Waals surface area contributed by atoms with Gasteiger partial charge < -0.3 is 10.6 Å². The van der Waals surface area contributed by atoms with Crippen molar-refractivity contribution >= 4 is 17.5 Å². The van der Waals surface area contributed by atoms with Gasteiger partial charge in [-0.25, -0.2) is 4.39 Å². The fraction of sp³-hybridized carbons (Fsp3) is 0.118. The van der Waals surface area contributed by atoms with E-state index in [1.807, 2.05) is 6.07 Å². The van der Waals surface area contributed by atoms with Crippen molar-refractivity contribution in [3.8, 4) is 6.07 Å². The molecule has 2 amide bonds. The first-order valence-corrected chi connectivity index (χ1v) is 6.88. The lowest BCUT2D eigenvalue weighted by Crippen LogP contribution is -2.33. The molecule has 116 valence electrons. The van der Waals surface area contributed by atoms with Gasteiger partial charge in [-0.3, -0.25) is 9.59 Å². The molecule has 0 radical (unpaired) electrons. The molecule has 2 rings (SSSR count). The summed E-state index contributed by atoms with van der Waals surface area (Å²) in [6, 6.07) is 14.1. The van der Waals surface area contributed by atoms with Gasteiger partial charge >= 0.3 is 0 Å². The van der Waals surface area contributed by atoms with Crippen LogP contribution in [-0.2, 0) is 16.0 Å². The SMILES string of the molecule is N#Cc1ccc(NC(=O)CNC(=O)Cc2cccc(F)c2)cc1. The first kappa shape index (κ1) is 16.2. The normalized spacial score (nSPS) is 9.74. The lowest BCUT2D eigenvalue weighted by atomic mass is 10.1. The Bertz CT molecular complexity index is 751. The summed E-state index contributed by atoms with van der Waals surface area (Å²) in [7, 11) is 0. The van der Waals surface area contributed by atoms with Crippen LogP contribution in [0.2, 0.25) is 0 Å². The fourth-order valence-corrected chi connectivity index (χ4v) is 1.91. The van der Waals surface area contributed by atoms with Gasteiger partial charge in [0.15, 0.2) is 0 Å². The maximum atomic E-state index is 13.0. The van der Waals surface area contributed by atoms with E-state index in [4.69, 9.17) is 5.26 Å². The van der Waals surface area contributed by atoms with Gasteiger partial charge in [0.2, 0.25) is 11.8 Å². The molecule has 0 saturated carbocycles. The van der Waals surface area contributed by atoms with Gasteiger partial charge in [-0.15, -0.1) is 0 Å². The van der Waals surface area contributed by atoms with Gasteiger partial charge in [0.25, 0.3) is 0 Å². The Morgan fingerprint density at radius 1 is 1.09 bits per heavy atom. The molecular weight excluding hydrogens is 297 g/mol. The van der Waals surface area contributed by atoms with Crippen LogP contribution in [-0.4, -0.2) is 18.4 Å². The number of carbonyl (C=O) groups is 2. The molecule has 0 aliphatic rings. The molecule has 6 heteroatoms. The van der Waals surface area contributed by atoms with Crippen LogP contribution in [0.4, 0.5) is 10.1 Å². The van der Waals surface area contributed by atoms with E-state index >= 15 is 0 Å². The number of halogens is 1. The van der Waals surface area contributed by atoms with Gasteiger partial charge in [0.1, 0.15) is 5.82 Å². The van der Waals surface area contributed by atoms with Crippen LogP contribution in [0.5, 0.6) is 0 Å². The zero-order valence-electron chi connectivity index (χ0n) is 12.2. The third kappa shape index (κ3) is 5.25. The number of anilines is 1. The average molecular weight is 311 g/mol. The molecule has 0 spiro atoms. The van der Waals surface area contributed by atoms with Gasteiger partial charge in [0.05, 0.1) is 24.6 Å². The Kier molecular flexibility index (Phi) is 5.42. The monoisotopic (exact) mass is 311 g/mol. The number of amides is 2. The van der Waals surface area contributed by atoms with Gasteiger partial charge in [-0.2, -0.15) is 5.26 Å². The molecule has 2 aromatic carbocycles. The fourth-order valence-electron chi connectivity index (χ4n) is 1.91. The number of benzene rings is 2. The van der Waals surface area contributed by atoms with Crippen LogP contribution in [0.1, 0.15) is 11.1 Å². The first-order chi connectivity index (χ1) is 11.1. The quantitative estimate of drug-likeness (QED) is 0.886. The van der Waals surface area contributed by atoms with Crippen LogP contribution in [0.25, 0.3) is 0 Å². The summed E-state index contributed by atoms with van der Waals surface area (Å²) in [5, 5.41) is 13.8. The molecule has 0 heterocycles. The third-order valence-electron chi connectivity index (χ3n) is 3.00. The minimum Gasteiger partial charge on any atom is -0.347 e. The predicted octanol–water partition coefficient (Wildman–Crippen LogP) is 1.99. The summed E-state index contributed by atoms with van der Waals surface area (Å²) in [4.78, 5) is 23.4. The Morgan fingerprint density at radius 2 is 1.83 bits per heavy atom. The molecule has 0 aliphatic heterocycles. The molecule has 0 atom stereocenters. The summed E-state index contributed by atoms with van der Waals surface area (Å²) in [5.41, 5.74) is 1.56. The maximum absolute atomic E-state index is 13.0. The van der Waals surface area contributed by atoms with E-state index in [1.165, 1.54) is 18.2 Å². The number of rotatable bonds is 5. The van der Waals surface area contributed by atoms with Crippen molar-refractivity contribution in [2.75, 3.05) is 11.9 Å². The topological polar surface area (TPSA) is 82.0 Å². The number of nitrogens with one attached hydrogen (secondary N) is 2. The highest BCUT2D eigenvalue weighted by Crippen LogP contribution is 2.08. The molecule has 0 aromatic heterocycles. The third-order valence-corrected chi connectivity index (χ3v) is 3.00. The zero-order valence-corrected chi connectivity index (χ0v) is 12.2. The minimum absolute atomic E-state index is 0.00189. The minimum atomic E-state index is -0.408. The number of nitriles is 1. The van der Waals surface area contributed by atoms with E-state index < -0.39 is 5.82 Å². The Morgan fingerprint density at radius 3 is 2.48 bits per heavy atom. The number of hydrogen-bond donors (Lipinski definition) is 2. The molecule has 5 nitrogen and oxygen atoms in total. The van der Waals surface area contributed by atoms with Crippen molar-refractivity contribution in [2.24, 2.45) is 0 Å². The second-order valence-corrected chi connectivity index (χ2v) is 4.82. The Hall–Kier alpha value is -3.20. The van der Waals surface area contributed by atoms with Gasteiger partial charge in [-0.1, -0.05) is 12.1 Å². The molecule has 2 aromatic rings. The molecular formula is C17H14FN3O2. The molecule has 23 heavy (non-hydrogen) atoms. The Labute approximate surface area is 132 Å². The van der Waals surface area contributed by atoms with Gasteiger partial charge in [0, 0.05) is 5.69 Å². The van der Waals surface area contributed by atoms with E-state index in [-0.39, 0.29) is 24.8 Å². The predicted molar refractivity (Wildman–Crippen MR) is 82.9 cm³/mol. The number of nitrogens with zero attached hydrogens (tertiary/aromatic N) is 1. The van der Waals surface area contributed by atoms with Crippen molar-refractivity contribution < 1.29 is 14.0 Å². The van der Waals surface area contributed by atoms with Crippen LogP contribution >= 0.6 is 0 Å². The van der Waals surface area contributed by atoms with E-state index in [0.717, 1.165) is 0 Å². The smallest absolute Gasteiger partial charge is 0.243 e. The molecule has 0 saturated heterocycles. The summed E-state index contributed by atoms with van der Waals surface area (Å²) < 4.78 is 13.0. The van der Waals surface area contributed by atoms with Crippen molar-refractivity contribution in [1.29, 1.82) is 5.26 Å². The highest BCUT2D eigenvalue weighted by atomic mass is 19.1. The molecule has 0 unspecified atom stereocenters. The zero-order chi connectivity index (χ0) is 16.7. The number of hydrogen-bond acceptors (Lipinski definition) is 3. The molecule has 2 N–H and O–H groups in total. The first-order valence-electron chi connectivity index (χ1n) is 6.88. The van der Waals surface area contributed by atoms with Crippen LogP contribution in [0, 0.1) is 17.1 Å². The van der Waals surface area contributed by atoms with Crippen LogP contribution < -0.4 is 10.6 Å². The van der Waals surface area contributed by atoms with Crippen molar-refractivity contribution in [2.45, 2.75) is 6.42 Å². The van der Waals surface area contributed by atoms with E-state index in [9.17, 15) is 14.0 Å². The van der Waals surface area contributed by atoms with E-state index in [1.54, 1.807) is 30.3 Å². The van der Waals surface area contributed by atoms with E-state index in [2.05, 4.69) is 10.6 Å². The van der Waals surface area contributed by atoms with Crippen LogP contribution in [0.3, 0.4) is 0 Å². The molecule has 0 aliphatic carbocycles. The second kappa shape index (κ2) is 7.71. The summed E-state index contributed by atoms with van der Waals surface area (Å²) in [5.74, 6) is -1.17. The summed E-state index contributed by atoms with van der Waals surface area (Å²) in [6.07, 6.45) is 0.00189. The van der Waals surface area contributed by atoms with Crippen molar-refractivity contribution in [3.05, 3.63) is 65.5 Å². The molecule has 0 fully saturated rings. The lowest BCUT2D eigenvalue weighted by molar-refractivity contribution is -0.123.